The van der Waals surface area contributed by atoms with E-state index in [0.29, 0.717) is 12.8 Å². The SMILES string of the molecule is COC(=O)[C@H]1CC[C@@H](C(=O)OC)N1C. The maximum absolute atomic E-state index is 11.3. The summed E-state index contributed by atoms with van der Waals surface area (Å²) in [4.78, 5) is 24.2. The van der Waals surface area contributed by atoms with Gasteiger partial charge in [-0.05, 0) is 19.9 Å². The lowest BCUT2D eigenvalue weighted by atomic mass is 10.2. The molecule has 0 saturated carbocycles. The molecular formula is C9H15NO4. The molecule has 0 radical (unpaired) electrons. The summed E-state index contributed by atoms with van der Waals surface area (Å²) in [6.07, 6.45) is 1.28. The highest BCUT2D eigenvalue weighted by Gasteiger charge is 2.39. The Morgan fingerprint density at radius 3 is 1.71 bits per heavy atom. The largest absolute Gasteiger partial charge is 0.468 e. The first-order valence-electron chi connectivity index (χ1n) is 4.49. The van der Waals surface area contributed by atoms with Crippen LogP contribution in [0.2, 0.25) is 0 Å². The second-order valence-electron chi connectivity index (χ2n) is 3.32. The fourth-order valence-corrected chi connectivity index (χ4v) is 1.78. The van der Waals surface area contributed by atoms with E-state index in [1.54, 1.807) is 11.9 Å². The zero-order valence-electron chi connectivity index (χ0n) is 8.65. The van der Waals surface area contributed by atoms with E-state index in [0.717, 1.165) is 0 Å². The Morgan fingerprint density at radius 2 is 1.43 bits per heavy atom. The van der Waals surface area contributed by atoms with Gasteiger partial charge in [-0.15, -0.1) is 0 Å². The standard InChI is InChI=1S/C9H15NO4/c1-10-6(8(11)13-2)4-5-7(10)9(12)14-3/h6-7H,4-5H2,1-3H3/t6-,7+. The van der Waals surface area contributed by atoms with Crippen LogP contribution >= 0.6 is 0 Å². The normalized spacial score (nSPS) is 27.4. The number of carbonyl (C=O) groups excluding carboxylic acids is 2. The van der Waals surface area contributed by atoms with Gasteiger partial charge in [-0.1, -0.05) is 0 Å². The van der Waals surface area contributed by atoms with Crippen molar-refractivity contribution in [3.05, 3.63) is 0 Å². The van der Waals surface area contributed by atoms with Crippen LogP contribution in [-0.2, 0) is 19.1 Å². The number of likely N-dealkylation sites (tertiary alicyclic amines) is 1. The second-order valence-corrected chi connectivity index (χ2v) is 3.32. The van der Waals surface area contributed by atoms with Crippen LogP contribution in [0.1, 0.15) is 12.8 Å². The maximum atomic E-state index is 11.3. The van der Waals surface area contributed by atoms with Gasteiger partial charge < -0.3 is 9.47 Å². The van der Waals surface area contributed by atoms with Crippen LogP contribution < -0.4 is 0 Å². The monoisotopic (exact) mass is 201 g/mol. The fourth-order valence-electron chi connectivity index (χ4n) is 1.78. The maximum Gasteiger partial charge on any atom is 0.323 e. The van der Waals surface area contributed by atoms with Gasteiger partial charge in [0.25, 0.3) is 0 Å². The van der Waals surface area contributed by atoms with Crippen molar-refractivity contribution in [2.24, 2.45) is 0 Å². The van der Waals surface area contributed by atoms with Crippen LogP contribution in [-0.4, -0.2) is 50.2 Å². The molecule has 0 aromatic heterocycles. The summed E-state index contributed by atoms with van der Waals surface area (Å²) in [5.41, 5.74) is 0. The quantitative estimate of drug-likeness (QED) is 0.579. The van der Waals surface area contributed by atoms with Crippen molar-refractivity contribution in [3.63, 3.8) is 0 Å². The van der Waals surface area contributed by atoms with E-state index in [2.05, 4.69) is 9.47 Å². The highest BCUT2D eigenvalue weighted by atomic mass is 16.5. The summed E-state index contributed by atoms with van der Waals surface area (Å²) in [6, 6.07) is -0.631. The molecule has 0 unspecified atom stereocenters. The lowest BCUT2D eigenvalue weighted by Crippen LogP contribution is -2.42. The van der Waals surface area contributed by atoms with Crippen molar-refractivity contribution < 1.29 is 19.1 Å². The van der Waals surface area contributed by atoms with Gasteiger partial charge in [-0.25, -0.2) is 0 Å². The van der Waals surface area contributed by atoms with Gasteiger partial charge in [0.1, 0.15) is 12.1 Å². The molecule has 5 heteroatoms. The molecule has 0 aromatic carbocycles. The molecule has 80 valence electrons. The Balaban J connectivity index is 2.64. The van der Waals surface area contributed by atoms with E-state index >= 15 is 0 Å². The minimum absolute atomic E-state index is 0.293. The zero-order valence-corrected chi connectivity index (χ0v) is 8.65. The molecule has 0 aliphatic carbocycles. The molecule has 1 rings (SSSR count). The Labute approximate surface area is 83.0 Å². The molecule has 1 fully saturated rings. The lowest BCUT2D eigenvalue weighted by Gasteiger charge is -2.21. The van der Waals surface area contributed by atoms with Gasteiger partial charge >= 0.3 is 11.9 Å². The van der Waals surface area contributed by atoms with Crippen molar-refractivity contribution in [1.29, 1.82) is 0 Å². The number of rotatable bonds is 2. The average molecular weight is 201 g/mol. The van der Waals surface area contributed by atoms with E-state index in [4.69, 9.17) is 0 Å². The van der Waals surface area contributed by atoms with Crippen molar-refractivity contribution in [3.8, 4) is 0 Å². The third kappa shape index (κ3) is 1.87. The van der Waals surface area contributed by atoms with Crippen molar-refractivity contribution in [2.45, 2.75) is 24.9 Å². The molecule has 1 saturated heterocycles. The number of hydrogen-bond donors (Lipinski definition) is 0. The van der Waals surface area contributed by atoms with Gasteiger partial charge in [0.15, 0.2) is 0 Å². The van der Waals surface area contributed by atoms with Gasteiger partial charge in [-0.2, -0.15) is 0 Å². The van der Waals surface area contributed by atoms with E-state index < -0.39 is 0 Å². The Kier molecular flexibility index (Phi) is 3.46. The molecule has 0 amide bonds. The average Bonchev–Trinajstić information content (AvgIpc) is 2.58. The third-order valence-electron chi connectivity index (χ3n) is 2.64. The van der Waals surface area contributed by atoms with E-state index in [1.165, 1.54) is 14.2 Å². The predicted octanol–water partition coefficient (Wildman–Crippen LogP) is -0.205. The van der Waals surface area contributed by atoms with Crippen LogP contribution in [0.4, 0.5) is 0 Å². The number of nitrogens with zero attached hydrogens (tertiary/aromatic N) is 1. The second kappa shape index (κ2) is 4.41. The summed E-state index contributed by atoms with van der Waals surface area (Å²) in [5.74, 6) is -0.585. The molecule has 5 nitrogen and oxygen atoms in total. The van der Waals surface area contributed by atoms with Crippen LogP contribution in [0.3, 0.4) is 0 Å². The van der Waals surface area contributed by atoms with E-state index in [1.807, 2.05) is 0 Å². The van der Waals surface area contributed by atoms with Gasteiger partial charge in [0, 0.05) is 0 Å². The van der Waals surface area contributed by atoms with Crippen LogP contribution in [0.5, 0.6) is 0 Å². The van der Waals surface area contributed by atoms with Crippen LogP contribution in [0.15, 0.2) is 0 Å². The molecule has 1 heterocycles. The summed E-state index contributed by atoms with van der Waals surface area (Å²) < 4.78 is 9.27. The number of likely N-dealkylation sites (N-methyl/N-ethyl adjacent to an activating group) is 1. The summed E-state index contributed by atoms with van der Waals surface area (Å²) in [5, 5.41) is 0. The Bertz CT molecular complexity index is 217. The number of esters is 2. The topological polar surface area (TPSA) is 55.8 Å². The molecule has 2 atom stereocenters. The van der Waals surface area contributed by atoms with Crippen molar-refractivity contribution >= 4 is 11.9 Å². The van der Waals surface area contributed by atoms with Crippen LogP contribution in [0.25, 0.3) is 0 Å². The highest BCUT2D eigenvalue weighted by molar-refractivity contribution is 5.81. The van der Waals surface area contributed by atoms with E-state index in [9.17, 15) is 9.59 Å². The molecule has 0 aromatic rings. The minimum atomic E-state index is -0.316. The number of ether oxygens (including phenoxy) is 2. The highest BCUT2D eigenvalue weighted by Crippen LogP contribution is 2.23. The first kappa shape index (κ1) is 11.0. The number of methoxy groups -OCH3 is 2. The molecule has 1 aliphatic heterocycles. The number of hydrogen-bond acceptors (Lipinski definition) is 5. The van der Waals surface area contributed by atoms with E-state index in [-0.39, 0.29) is 24.0 Å². The Morgan fingerprint density at radius 1 is 1.07 bits per heavy atom. The van der Waals surface area contributed by atoms with Gasteiger partial charge in [0.2, 0.25) is 0 Å². The lowest BCUT2D eigenvalue weighted by molar-refractivity contribution is -0.149. The Hall–Kier alpha value is -1.10. The molecule has 0 spiro atoms. The van der Waals surface area contributed by atoms with Crippen molar-refractivity contribution in [1.82, 2.24) is 4.90 Å². The molecule has 14 heavy (non-hydrogen) atoms. The summed E-state index contributed by atoms with van der Waals surface area (Å²) in [6.45, 7) is 0. The summed E-state index contributed by atoms with van der Waals surface area (Å²) in [7, 11) is 4.43. The van der Waals surface area contributed by atoms with Gasteiger partial charge in [-0.3, -0.25) is 14.5 Å². The smallest absolute Gasteiger partial charge is 0.323 e. The number of carbonyl (C=O) groups is 2. The molecule has 0 bridgehead atoms. The predicted molar refractivity (Wildman–Crippen MR) is 48.6 cm³/mol. The van der Waals surface area contributed by atoms with Crippen molar-refractivity contribution in [2.75, 3.05) is 21.3 Å². The minimum Gasteiger partial charge on any atom is -0.468 e. The first-order valence-corrected chi connectivity index (χ1v) is 4.49. The first-order chi connectivity index (χ1) is 6.61. The molecule has 0 N–H and O–H groups in total. The summed E-state index contributed by atoms with van der Waals surface area (Å²) >= 11 is 0. The molecule has 1 aliphatic rings. The van der Waals surface area contributed by atoms with Crippen LogP contribution in [0, 0.1) is 0 Å². The molecular weight excluding hydrogens is 186 g/mol. The zero-order chi connectivity index (χ0) is 10.7. The third-order valence-corrected chi connectivity index (χ3v) is 2.64. The van der Waals surface area contributed by atoms with Gasteiger partial charge in [0.05, 0.1) is 14.2 Å². The fraction of sp³-hybridized carbons (Fsp3) is 0.778.